The van der Waals surface area contributed by atoms with Crippen molar-refractivity contribution < 1.29 is 9.47 Å². The SMILES string of the molecule is CC(NCc1cccc2c1OCCO2)C(C)(C)C. The quantitative estimate of drug-likeness (QED) is 0.893. The van der Waals surface area contributed by atoms with E-state index < -0.39 is 0 Å². The zero-order valence-corrected chi connectivity index (χ0v) is 11.7. The Balaban J connectivity index is 2.06. The number of nitrogens with one attached hydrogen (secondary N) is 1. The maximum absolute atomic E-state index is 5.71. The number of rotatable bonds is 3. The van der Waals surface area contributed by atoms with Crippen LogP contribution in [0.5, 0.6) is 11.5 Å². The van der Waals surface area contributed by atoms with E-state index in [1.807, 2.05) is 12.1 Å². The smallest absolute Gasteiger partial charge is 0.165 e. The van der Waals surface area contributed by atoms with Crippen molar-refractivity contribution in [3.05, 3.63) is 23.8 Å². The van der Waals surface area contributed by atoms with Crippen LogP contribution in [0.15, 0.2) is 18.2 Å². The van der Waals surface area contributed by atoms with E-state index in [4.69, 9.17) is 9.47 Å². The molecule has 100 valence electrons. The van der Waals surface area contributed by atoms with Gasteiger partial charge < -0.3 is 14.8 Å². The molecule has 18 heavy (non-hydrogen) atoms. The van der Waals surface area contributed by atoms with Crippen molar-refractivity contribution in [2.24, 2.45) is 5.41 Å². The summed E-state index contributed by atoms with van der Waals surface area (Å²) in [4.78, 5) is 0. The van der Waals surface area contributed by atoms with E-state index in [2.05, 4.69) is 39.1 Å². The van der Waals surface area contributed by atoms with Crippen LogP contribution in [-0.2, 0) is 6.54 Å². The zero-order valence-electron chi connectivity index (χ0n) is 11.7. The summed E-state index contributed by atoms with van der Waals surface area (Å²) in [5.41, 5.74) is 1.43. The lowest BCUT2D eigenvalue weighted by atomic mass is 9.88. The Morgan fingerprint density at radius 2 is 1.94 bits per heavy atom. The second kappa shape index (κ2) is 5.19. The van der Waals surface area contributed by atoms with E-state index in [-0.39, 0.29) is 5.41 Å². The molecular formula is C15H23NO2. The van der Waals surface area contributed by atoms with Crippen LogP contribution in [0, 0.1) is 5.41 Å². The van der Waals surface area contributed by atoms with Crippen molar-refractivity contribution in [3.8, 4) is 11.5 Å². The second-order valence-electron chi connectivity index (χ2n) is 5.91. The van der Waals surface area contributed by atoms with Crippen LogP contribution in [0.4, 0.5) is 0 Å². The number of benzene rings is 1. The van der Waals surface area contributed by atoms with Crippen molar-refractivity contribution in [2.75, 3.05) is 13.2 Å². The largest absolute Gasteiger partial charge is 0.486 e. The lowest BCUT2D eigenvalue weighted by molar-refractivity contribution is 0.169. The van der Waals surface area contributed by atoms with Gasteiger partial charge in [0.2, 0.25) is 0 Å². The van der Waals surface area contributed by atoms with Gasteiger partial charge in [0.1, 0.15) is 13.2 Å². The first-order valence-electron chi connectivity index (χ1n) is 6.59. The molecule has 0 amide bonds. The zero-order chi connectivity index (χ0) is 13.2. The highest BCUT2D eigenvalue weighted by Crippen LogP contribution is 2.33. The van der Waals surface area contributed by atoms with Gasteiger partial charge in [-0.1, -0.05) is 32.9 Å². The molecule has 2 rings (SSSR count). The molecule has 1 atom stereocenters. The maximum Gasteiger partial charge on any atom is 0.165 e. The van der Waals surface area contributed by atoms with E-state index in [0.29, 0.717) is 19.3 Å². The Labute approximate surface area is 109 Å². The van der Waals surface area contributed by atoms with E-state index in [0.717, 1.165) is 18.0 Å². The molecule has 0 saturated heterocycles. The van der Waals surface area contributed by atoms with Crippen molar-refractivity contribution >= 4 is 0 Å². The van der Waals surface area contributed by atoms with Gasteiger partial charge in [-0.25, -0.2) is 0 Å². The van der Waals surface area contributed by atoms with Crippen LogP contribution < -0.4 is 14.8 Å². The molecule has 0 bridgehead atoms. The van der Waals surface area contributed by atoms with Gasteiger partial charge in [0.25, 0.3) is 0 Å². The van der Waals surface area contributed by atoms with Crippen LogP contribution in [0.2, 0.25) is 0 Å². The summed E-state index contributed by atoms with van der Waals surface area (Å²) in [7, 11) is 0. The standard InChI is InChI=1S/C15H23NO2/c1-11(15(2,3)4)16-10-12-6-5-7-13-14(12)18-9-8-17-13/h5-7,11,16H,8-10H2,1-4H3. The number of para-hydroxylation sites is 1. The summed E-state index contributed by atoms with van der Waals surface area (Å²) in [6, 6.07) is 6.52. The average Bonchev–Trinajstić information content (AvgIpc) is 2.34. The Morgan fingerprint density at radius 3 is 2.67 bits per heavy atom. The van der Waals surface area contributed by atoms with Crippen LogP contribution in [0.1, 0.15) is 33.3 Å². The molecule has 3 nitrogen and oxygen atoms in total. The van der Waals surface area contributed by atoms with Gasteiger partial charge in [0, 0.05) is 18.2 Å². The first kappa shape index (κ1) is 13.2. The Morgan fingerprint density at radius 1 is 1.22 bits per heavy atom. The summed E-state index contributed by atoms with van der Waals surface area (Å²) in [5, 5.41) is 3.55. The van der Waals surface area contributed by atoms with E-state index in [9.17, 15) is 0 Å². The van der Waals surface area contributed by atoms with Gasteiger partial charge in [-0.3, -0.25) is 0 Å². The van der Waals surface area contributed by atoms with Crippen molar-refractivity contribution in [2.45, 2.75) is 40.3 Å². The van der Waals surface area contributed by atoms with Crippen molar-refractivity contribution in [1.29, 1.82) is 0 Å². The van der Waals surface area contributed by atoms with Gasteiger partial charge in [0.05, 0.1) is 0 Å². The first-order chi connectivity index (χ1) is 8.48. The summed E-state index contributed by atoms with van der Waals surface area (Å²) >= 11 is 0. The number of fused-ring (bicyclic) bond motifs is 1. The van der Waals surface area contributed by atoms with Crippen LogP contribution >= 0.6 is 0 Å². The van der Waals surface area contributed by atoms with Crippen molar-refractivity contribution in [1.82, 2.24) is 5.32 Å². The molecular weight excluding hydrogens is 226 g/mol. The lowest BCUT2D eigenvalue weighted by Gasteiger charge is -2.29. The topological polar surface area (TPSA) is 30.5 Å². The van der Waals surface area contributed by atoms with E-state index >= 15 is 0 Å². The predicted octanol–water partition coefficient (Wildman–Crippen LogP) is 2.98. The molecule has 0 aliphatic carbocycles. The monoisotopic (exact) mass is 249 g/mol. The highest BCUT2D eigenvalue weighted by molar-refractivity contribution is 5.47. The Kier molecular flexibility index (Phi) is 3.81. The third-order valence-electron chi connectivity index (χ3n) is 3.55. The van der Waals surface area contributed by atoms with Crippen LogP contribution in [-0.4, -0.2) is 19.3 Å². The lowest BCUT2D eigenvalue weighted by Crippen LogP contribution is -2.37. The predicted molar refractivity (Wildman–Crippen MR) is 73.2 cm³/mol. The molecule has 1 aromatic rings. The molecule has 1 aromatic carbocycles. The van der Waals surface area contributed by atoms with Gasteiger partial charge >= 0.3 is 0 Å². The third kappa shape index (κ3) is 2.96. The van der Waals surface area contributed by atoms with Crippen molar-refractivity contribution in [3.63, 3.8) is 0 Å². The summed E-state index contributed by atoms with van der Waals surface area (Å²) in [5.74, 6) is 1.77. The van der Waals surface area contributed by atoms with E-state index in [1.165, 1.54) is 5.56 Å². The average molecular weight is 249 g/mol. The highest BCUT2D eigenvalue weighted by atomic mass is 16.6. The minimum Gasteiger partial charge on any atom is -0.486 e. The maximum atomic E-state index is 5.71. The molecule has 0 aromatic heterocycles. The Bertz CT molecular complexity index is 409. The van der Waals surface area contributed by atoms with Crippen LogP contribution in [0.3, 0.4) is 0 Å². The molecule has 1 heterocycles. The molecule has 0 spiro atoms. The number of hydrogen-bond donors (Lipinski definition) is 1. The molecule has 1 aliphatic rings. The number of ether oxygens (including phenoxy) is 2. The first-order valence-corrected chi connectivity index (χ1v) is 6.59. The molecule has 0 radical (unpaired) electrons. The summed E-state index contributed by atoms with van der Waals surface area (Å²) in [6.07, 6.45) is 0. The molecule has 1 aliphatic heterocycles. The van der Waals surface area contributed by atoms with Gasteiger partial charge in [-0.2, -0.15) is 0 Å². The molecule has 1 unspecified atom stereocenters. The fourth-order valence-corrected chi connectivity index (χ4v) is 1.84. The minimum atomic E-state index is 0.256. The normalized spacial score (nSPS) is 16.4. The summed E-state index contributed by atoms with van der Waals surface area (Å²) in [6.45, 7) is 11.0. The fourth-order valence-electron chi connectivity index (χ4n) is 1.84. The number of hydrogen-bond acceptors (Lipinski definition) is 3. The molecule has 0 fully saturated rings. The van der Waals surface area contributed by atoms with Gasteiger partial charge in [-0.05, 0) is 18.4 Å². The molecule has 3 heteroatoms. The van der Waals surface area contributed by atoms with E-state index in [1.54, 1.807) is 0 Å². The highest BCUT2D eigenvalue weighted by Gasteiger charge is 2.21. The summed E-state index contributed by atoms with van der Waals surface area (Å²) < 4.78 is 11.3. The second-order valence-corrected chi connectivity index (χ2v) is 5.91. The van der Waals surface area contributed by atoms with Crippen LogP contribution in [0.25, 0.3) is 0 Å². The molecule has 1 N–H and O–H groups in total. The Hall–Kier alpha value is -1.22. The fraction of sp³-hybridized carbons (Fsp3) is 0.600. The van der Waals surface area contributed by atoms with Gasteiger partial charge in [-0.15, -0.1) is 0 Å². The van der Waals surface area contributed by atoms with Gasteiger partial charge in [0.15, 0.2) is 11.5 Å². The third-order valence-corrected chi connectivity index (χ3v) is 3.55. The molecule has 0 saturated carbocycles. The minimum absolute atomic E-state index is 0.256.